The Morgan fingerprint density at radius 3 is 2.46 bits per heavy atom. The molecule has 1 aromatic heterocycles. The number of hydrogen-bond acceptors (Lipinski definition) is 5. The molecule has 7 heteroatoms. The Labute approximate surface area is 172 Å². The van der Waals surface area contributed by atoms with Crippen molar-refractivity contribution in [3.63, 3.8) is 0 Å². The number of benzene rings is 2. The van der Waals surface area contributed by atoms with Crippen LogP contribution < -0.4 is 10.6 Å². The summed E-state index contributed by atoms with van der Waals surface area (Å²) < 4.78 is 2.01. The first-order chi connectivity index (χ1) is 13.4. The highest BCUT2D eigenvalue weighted by atomic mass is 32.2. The number of amides is 2. The molecule has 0 aliphatic heterocycles. The predicted octanol–water partition coefficient (Wildman–Crippen LogP) is 4.72. The quantitative estimate of drug-likeness (QED) is 0.574. The van der Waals surface area contributed by atoms with E-state index in [1.54, 1.807) is 35.2 Å². The maximum Gasteiger partial charge on any atom is 0.251 e. The molecule has 0 unspecified atom stereocenters. The lowest BCUT2D eigenvalue weighted by atomic mass is 10.0. The van der Waals surface area contributed by atoms with Gasteiger partial charge in [-0.1, -0.05) is 43.3 Å². The number of rotatable bonds is 6. The van der Waals surface area contributed by atoms with Gasteiger partial charge >= 0.3 is 0 Å². The zero-order valence-electron chi connectivity index (χ0n) is 16.3. The van der Waals surface area contributed by atoms with Gasteiger partial charge in [-0.3, -0.25) is 9.59 Å². The molecule has 2 aromatic carbocycles. The summed E-state index contributed by atoms with van der Waals surface area (Å²) in [5, 5.41) is 5.79. The molecule has 1 atom stereocenters. The first-order valence-electron chi connectivity index (χ1n) is 9.00. The molecule has 2 amide bonds. The lowest BCUT2D eigenvalue weighted by molar-refractivity contribution is -0.118. The summed E-state index contributed by atoms with van der Waals surface area (Å²) in [6.07, 6.45) is 1.99. The minimum atomic E-state index is -0.632. The molecule has 5 nitrogen and oxygen atoms in total. The summed E-state index contributed by atoms with van der Waals surface area (Å²) in [7, 11) is 0. The lowest BCUT2D eigenvalue weighted by Crippen LogP contribution is -2.47. The Hall–Kier alpha value is -2.38. The van der Waals surface area contributed by atoms with Crippen molar-refractivity contribution in [1.29, 1.82) is 0 Å². The maximum atomic E-state index is 12.8. The molecule has 3 rings (SSSR count). The van der Waals surface area contributed by atoms with Crippen LogP contribution in [0.2, 0.25) is 0 Å². The molecule has 3 aromatic rings. The number of thiazole rings is 1. The standard InChI is InChI=1S/C21H23N3O2S2/c1-12(2)18(24-19(25)14-7-5-13(3)6-8-14)20(26)22-15-9-10-16-17(11-15)28-21(23-16)27-4/h5-12,18H,1-4H3,(H,22,26)(H,24,25)/t18-/m0/s1. The molecule has 0 bridgehead atoms. The van der Waals surface area contributed by atoms with E-state index in [1.807, 2.05) is 57.4 Å². The molecule has 0 spiro atoms. The third-order valence-electron chi connectivity index (χ3n) is 4.36. The van der Waals surface area contributed by atoms with Gasteiger partial charge in [-0.2, -0.15) is 0 Å². The van der Waals surface area contributed by atoms with Crippen LogP contribution in [0.1, 0.15) is 29.8 Å². The summed E-state index contributed by atoms with van der Waals surface area (Å²) in [6, 6.07) is 12.3. The van der Waals surface area contributed by atoms with Crippen LogP contribution in [0, 0.1) is 12.8 Å². The SMILES string of the molecule is CSc1nc2ccc(NC(=O)[C@@H](NC(=O)c3ccc(C)cc3)C(C)C)cc2s1. The van der Waals surface area contributed by atoms with E-state index in [9.17, 15) is 9.59 Å². The highest BCUT2D eigenvalue weighted by Crippen LogP contribution is 2.30. The third-order valence-corrected chi connectivity index (χ3v) is 6.36. The van der Waals surface area contributed by atoms with Gasteiger partial charge in [0.25, 0.3) is 5.91 Å². The molecule has 0 fully saturated rings. The average molecular weight is 414 g/mol. The summed E-state index contributed by atoms with van der Waals surface area (Å²) in [5.74, 6) is -0.537. The second-order valence-electron chi connectivity index (χ2n) is 6.92. The second-order valence-corrected chi connectivity index (χ2v) is 9.00. The highest BCUT2D eigenvalue weighted by molar-refractivity contribution is 8.00. The fraction of sp³-hybridized carbons (Fsp3) is 0.286. The van der Waals surface area contributed by atoms with Crippen molar-refractivity contribution in [3.05, 3.63) is 53.6 Å². The van der Waals surface area contributed by atoms with Crippen molar-refractivity contribution >= 4 is 50.8 Å². The molecular formula is C21H23N3O2S2. The first-order valence-corrected chi connectivity index (χ1v) is 11.0. The van der Waals surface area contributed by atoms with Crippen molar-refractivity contribution < 1.29 is 9.59 Å². The Bertz CT molecular complexity index is 997. The molecular weight excluding hydrogens is 390 g/mol. The van der Waals surface area contributed by atoms with Crippen molar-refractivity contribution in [1.82, 2.24) is 10.3 Å². The summed E-state index contributed by atoms with van der Waals surface area (Å²) >= 11 is 3.19. The monoisotopic (exact) mass is 413 g/mol. The number of aryl methyl sites for hydroxylation is 1. The largest absolute Gasteiger partial charge is 0.340 e. The number of hydrogen-bond donors (Lipinski definition) is 2. The molecule has 0 aliphatic carbocycles. The van der Waals surface area contributed by atoms with Crippen LogP contribution in [-0.4, -0.2) is 29.1 Å². The van der Waals surface area contributed by atoms with Gasteiger partial charge in [0.1, 0.15) is 6.04 Å². The Morgan fingerprint density at radius 1 is 1.11 bits per heavy atom. The zero-order valence-corrected chi connectivity index (χ0v) is 17.9. The van der Waals surface area contributed by atoms with E-state index in [1.165, 1.54) is 0 Å². The van der Waals surface area contributed by atoms with Crippen molar-refractivity contribution in [3.8, 4) is 0 Å². The van der Waals surface area contributed by atoms with Crippen molar-refractivity contribution in [2.24, 2.45) is 5.92 Å². The topological polar surface area (TPSA) is 71.1 Å². The van der Waals surface area contributed by atoms with Crippen LogP contribution in [0.15, 0.2) is 46.8 Å². The van der Waals surface area contributed by atoms with Crippen LogP contribution in [0.4, 0.5) is 5.69 Å². The van der Waals surface area contributed by atoms with Crippen LogP contribution >= 0.6 is 23.1 Å². The number of anilines is 1. The van der Waals surface area contributed by atoms with Gasteiger partial charge in [-0.05, 0) is 49.4 Å². The number of carbonyl (C=O) groups excluding carboxylic acids is 2. The minimum absolute atomic E-state index is 0.0513. The van der Waals surface area contributed by atoms with Crippen LogP contribution in [-0.2, 0) is 4.79 Å². The van der Waals surface area contributed by atoms with Crippen LogP contribution in [0.5, 0.6) is 0 Å². The number of nitrogens with zero attached hydrogens (tertiary/aromatic N) is 1. The third kappa shape index (κ3) is 4.72. The molecule has 1 heterocycles. The summed E-state index contributed by atoms with van der Waals surface area (Å²) in [4.78, 5) is 29.9. The number of carbonyl (C=O) groups is 2. The van der Waals surface area contributed by atoms with E-state index in [0.29, 0.717) is 11.3 Å². The molecule has 0 saturated carbocycles. The van der Waals surface area contributed by atoms with Gasteiger partial charge in [0.05, 0.1) is 10.2 Å². The fourth-order valence-electron chi connectivity index (χ4n) is 2.75. The number of fused-ring (bicyclic) bond motifs is 1. The molecule has 146 valence electrons. The van der Waals surface area contributed by atoms with E-state index in [0.717, 1.165) is 20.1 Å². The maximum absolute atomic E-state index is 12.8. The Kier molecular flexibility index (Phi) is 6.36. The second kappa shape index (κ2) is 8.75. The van der Waals surface area contributed by atoms with Crippen molar-refractivity contribution in [2.45, 2.75) is 31.2 Å². The van der Waals surface area contributed by atoms with E-state index in [4.69, 9.17) is 0 Å². The molecule has 0 saturated heterocycles. The Morgan fingerprint density at radius 2 is 1.82 bits per heavy atom. The number of thioether (sulfide) groups is 1. The zero-order chi connectivity index (χ0) is 20.3. The summed E-state index contributed by atoms with van der Waals surface area (Å²) in [5.41, 5.74) is 3.24. The van der Waals surface area contributed by atoms with Gasteiger partial charge in [0, 0.05) is 11.3 Å². The smallest absolute Gasteiger partial charge is 0.251 e. The first kappa shape index (κ1) is 20.4. The van der Waals surface area contributed by atoms with E-state index < -0.39 is 6.04 Å². The summed E-state index contributed by atoms with van der Waals surface area (Å²) in [6.45, 7) is 5.79. The average Bonchev–Trinajstić information content (AvgIpc) is 3.08. The number of nitrogens with one attached hydrogen (secondary N) is 2. The highest BCUT2D eigenvalue weighted by Gasteiger charge is 2.25. The van der Waals surface area contributed by atoms with E-state index in [2.05, 4.69) is 15.6 Å². The Balaban J connectivity index is 1.73. The van der Waals surface area contributed by atoms with Crippen LogP contribution in [0.25, 0.3) is 10.2 Å². The predicted molar refractivity (Wildman–Crippen MR) is 117 cm³/mol. The van der Waals surface area contributed by atoms with Gasteiger partial charge in [-0.15, -0.1) is 11.3 Å². The van der Waals surface area contributed by atoms with Gasteiger partial charge in [0.15, 0.2) is 4.34 Å². The van der Waals surface area contributed by atoms with Crippen molar-refractivity contribution in [2.75, 3.05) is 11.6 Å². The van der Waals surface area contributed by atoms with E-state index in [-0.39, 0.29) is 17.7 Å². The molecule has 0 radical (unpaired) electrons. The fourth-order valence-corrected chi connectivity index (χ4v) is 4.28. The minimum Gasteiger partial charge on any atom is -0.340 e. The molecule has 28 heavy (non-hydrogen) atoms. The lowest BCUT2D eigenvalue weighted by Gasteiger charge is -2.22. The number of aromatic nitrogens is 1. The van der Waals surface area contributed by atoms with Crippen LogP contribution in [0.3, 0.4) is 0 Å². The van der Waals surface area contributed by atoms with Gasteiger partial charge in [-0.25, -0.2) is 4.98 Å². The van der Waals surface area contributed by atoms with Gasteiger partial charge in [0.2, 0.25) is 5.91 Å². The van der Waals surface area contributed by atoms with Gasteiger partial charge < -0.3 is 10.6 Å². The molecule has 0 aliphatic rings. The molecule has 2 N–H and O–H groups in total. The normalized spacial score (nSPS) is 12.2. The van der Waals surface area contributed by atoms with E-state index >= 15 is 0 Å².